The highest BCUT2D eigenvalue weighted by molar-refractivity contribution is 5.95. The molecule has 2 amide bonds. The average molecular weight is 437 g/mol. The van der Waals surface area contributed by atoms with E-state index >= 15 is 0 Å². The van der Waals surface area contributed by atoms with Crippen molar-refractivity contribution in [1.82, 2.24) is 29.7 Å². The van der Waals surface area contributed by atoms with Crippen molar-refractivity contribution in [3.8, 4) is 0 Å². The van der Waals surface area contributed by atoms with Crippen molar-refractivity contribution < 1.29 is 14.2 Å². The molecular formula is C23H28N6O3. The van der Waals surface area contributed by atoms with E-state index in [0.29, 0.717) is 43.1 Å². The molecule has 0 aliphatic carbocycles. The van der Waals surface area contributed by atoms with Crippen LogP contribution in [0.3, 0.4) is 0 Å². The van der Waals surface area contributed by atoms with Gasteiger partial charge in [0.1, 0.15) is 11.4 Å². The first kappa shape index (κ1) is 21.7. The fourth-order valence-corrected chi connectivity index (χ4v) is 4.31. The van der Waals surface area contributed by atoms with Crippen molar-refractivity contribution in [3.63, 3.8) is 0 Å². The Morgan fingerprint density at radius 3 is 2.84 bits per heavy atom. The molecule has 0 bridgehead atoms. The molecular weight excluding hydrogens is 408 g/mol. The molecule has 0 saturated carbocycles. The molecule has 3 heterocycles. The standard InChI is InChI=1S/C23H28N6O3/c1-17-20(26-32-25-17)14-27(3)22(31)23(2)8-5-10-29(15-23)21(30)19-7-4-6-18(12-19)13-28-11-9-24-16-28/h4,6-7,9,11-12,16H,5,8,10,13-15H2,1-3H3/t23-/m0/s1. The summed E-state index contributed by atoms with van der Waals surface area (Å²) in [5.74, 6) is -0.0540. The molecule has 2 aromatic heterocycles. The van der Waals surface area contributed by atoms with Crippen LogP contribution in [0.15, 0.2) is 47.6 Å². The van der Waals surface area contributed by atoms with Crippen LogP contribution >= 0.6 is 0 Å². The van der Waals surface area contributed by atoms with Gasteiger partial charge in [0.25, 0.3) is 5.91 Å². The second-order valence-electron chi connectivity index (χ2n) is 8.78. The number of piperidine rings is 1. The third-order valence-electron chi connectivity index (χ3n) is 6.08. The van der Waals surface area contributed by atoms with E-state index in [1.807, 2.05) is 42.0 Å². The van der Waals surface area contributed by atoms with E-state index in [4.69, 9.17) is 4.63 Å². The molecule has 9 heteroatoms. The van der Waals surface area contributed by atoms with Gasteiger partial charge in [-0.25, -0.2) is 9.61 Å². The van der Waals surface area contributed by atoms with E-state index in [1.54, 1.807) is 36.3 Å². The first-order valence-electron chi connectivity index (χ1n) is 10.7. The van der Waals surface area contributed by atoms with Gasteiger partial charge in [-0.15, -0.1) is 0 Å². The molecule has 1 saturated heterocycles. The van der Waals surface area contributed by atoms with Crippen LogP contribution in [0.5, 0.6) is 0 Å². The molecule has 168 valence electrons. The lowest BCUT2D eigenvalue weighted by molar-refractivity contribution is -0.143. The van der Waals surface area contributed by atoms with E-state index in [0.717, 1.165) is 18.4 Å². The molecule has 0 spiro atoms. The Hall–Kier alpha value is -3.49. The zero-order chi connectivity index (χ0) is 22.7. The number of benzene rings is 1. The summed E-state index contributed by atoms with van der Waals surface area (Å²) >= 11 is 0. The van der Waals surface area contributed by atoms with Gasteiger partial charge in [-0.1, -0.05) is 22.4 Å². The van der Waals surface area contributed by atoms with Crippen molar-refractivity contribution in [3.05, 3.63) is 65.5 Å². The van der Waals surface area contributed by atoms with Gasteiger partial charge in [0.2, 0.25) is 5.91 Å². The Morgan fingerprint density at radius 2 is 2.12 bits per heavy atom. The van der Waals surface area contributed by atoms with E-state index in [2.05, 4.69) is 15.3 Å². The monoisotopic (exact) mass is 436 g/mol. The number of carbonyl (C=O) groups is 2. The first-order chi connectivity index (χ1) is 15.4. The largest absolute Gasteiger partial charge is 0.339 e. The molecule has 0 radical (unpaired) electrons. The molecule has 32 heavy (non-hydrogen) atoms. The molecule has 9 nitrogen and oxygen atoms in total. The van der Waals surface area contributed by atoms with E-state index in [1.165, 1.54) is 0 Å². The molecule has 1 aliphatic rings. The second-order valence-corrected chi connectivity index (χ2v) is 8.78. The Morgan fingerprint density at radius 1 is 1.28 bits per heavy atom. The smallest absolute Gasteiger partial charge is 0.253 e. The summed E-state index contributed by atoms with van der Waals surface area (Å²) in [4.78, 5) is 34.1. The minimum atomic E-state index is -0.651. The maximum absolute atomic E-state index is 13.3. The fraction of sp³-hybridized carbons (Fsp3) is 0.435. The van der Waals surface area contributed by atoms with Gasteiger partial charge in [-0.3, -0.25) is 9.59 Å². The Bertz CT molecular complexity index is 1090. The lowest BCUT2D eigenvalue weighted by atomic mass is 9.80. The molecule has 1 aliphatic heterocycles. The van der Waals surface area contributed by atoms with Crippen LogP contribution in [-0.2, 0) is 17.9 Å². The summed E-state index contributed by atoms with van der Waals surface area (Å²) in [6.07, 6.45) is 6.89. The average Bonchev–Trinajstić information content (AvgIpc) is 3.44. The normalized spacial score (nSPS) is 18.5. The van der Waals surface area contributed by atoms with Crippen molar-refractivity contribution in [2.45, 2.75) is 39.8 Å². The quantitative estimate of drug-likeness (QED) is 0.589. The van der Waals surface area contributed by atoms with Crippen LogP contribution in [-0.4, -0.2) is 61.6 Å². The molecule has 0 unspecified atom stereocenters. The highest BCUT2D eigenvalue weighted by atomic mass is 16.6. The van der Waals surface area contributed by atoms with Gasteiger partial charge in [-0.05, 0) is 44.4 Å². The number of nitrogens with zero attached hydrogens (tertiary/aromatic N) is 6. The molecule has 1 atom stereocenters. The zero-order valence-electron chi connectivity index (χ0n) is 18.7. The molecule has 1 aromatic carbocycles. The second kappa shape index (κ2) is 8.94. The van der Waals surface area contributed by atoms with E-state index < -0.39 is 5.41 Å². The van der Waals surface area contributed by atoms with Gasteiger partial charge in [0.15, 0.2) is 0 Å². The predicted octanol–water partition coefficient (Wildman–Crippen LogP) is 2.52. The summed E-state index contributed by atoms with van der Waals surface area (Å²) in [5.41, 5.74) is 2.33. The Kier molecular flexibility index (Phi) is 6.07. The summed E-state index contributed by atoms with van der Waals surface area (Å²) in [7, 11) is 1.75. The molecule has 0 N–H and O–H groups in total. The topological polar surface area (TPSA) is 97.4 Å². The number of rotatable bonds is 6. The first-order valence-corrected chi connectivity index (χ1v) is 10.7. The lowest BCUT2D eigenvalue weighted by Gasteiger charge is -2.41. The van der Waals surface area contributed by atoms with Crippen LogP contribution in [0.2, 0.25) is 0 Å². The molecule has 3 aromatic rings. The van der Waals surface area contributed by atoms with Gasteiger partial charge < -0.3 is 14.4 Å². The number of amides is 2. The van der Waals surface area contributed by atoms with Crippen LogP contribution in [0.25, 0.3) is 0 Å². The van der Waals surface area contributed by atoms with Gasteiger partial charge in [-0.2, -0.15) is 0 Å². The number of likely N-dealkylation sites (tertiary alicyclic amines) is 1. The van der Waals surface area contributed by atoms with Crippen LogP contribution < -0.4 is 0 Å². The summed E-state index contributed by atoms with van der Waals surface area (Å²) in [6, 6.07) is 7.65. The minimum Gasteiger partial charge on any atom is -0.339 e. The maximum atomic E-state index is 13.3. The number of aryl methyl sites for hydroxylation is 1. The van der Waals surface area contributed by atoms with Crippen LogP contribution in [0, 0.1) is 12.3 Å². The Labute approximate surface area is 187 Å². The number of hydrogen-bond acceptors (Lipinski definition) is 6. The number of hydrogen-bond donors (Lipinski definition) is 0. The van der Waals surface area contributed by atoms with Crippen molar-refractivity contribution in [1.29, 1.82) is 0 Å². The van der Waals surface area contributed by atoms with Gasteiger partial charge in [0.05, 0.1) is 18.3 Å². The summed E-state index contributed by atoms with van der Waals surface area (Å²) < 4.78 is 6.70. The minimum absolute atomic E-state index is 0.00809. The van der Waals surface area contributed by atoms with E-state index in [-0.39, 0.29) is 11.8 Å². The number of imidazole rings is 1. The predicted molar refractivity (Wildman–Crippen MR) is 117 cm³/mol. The van der Waals surface area contributed by atoms with Crippen molar-refractivity contribution in [2.75, 3.05) is 20.1 Å². The van der Waals surface area contributed by atoms with Gasteiger partial charge >= 0.3 is 0 Å². The SMILES string of the molecule is Cc1nonc1CN(C)C(=O)[C@@]1(C)CCCN(C(=O)c2cccc(Cn3ccnc3)c2)C1. The summed E-state index contributed by atoms with van der Waals surface area (Å²) in [5, 5.41) is 7.65. The van der Waals surface area contributed by atoms with Gasteiger partial charge in [0, 0.05) is 44.6 Å². The third kappa shape index (κ3) is 4.56. The number of aromatic nitrogens is 4. The fourth-order valence-electron chi connectivity index (χ4n) is 4.31. The maximum Gasteiger partial charge on any atom is 0.253 e. The molecule has 4 rings (SSSR count). The third-order valence-corrected chi connectivity index (χ3v) is 6.08. The Balaban J connectivity index is 1.45. The van der Waals surface area contributed by atoms with Crippen LogP contribution in [0.1, 0.15) is 47.1 Å². The van der Waals surface area contributed by atoms with Crippen molar-refractivity contribution in [2.24, 2.45) is 5.41 Å². The number of carbonyl (C=O) groups excluding carboxylic acids is 2. The zero-order valence-corrected chi connectivity index (χ0v) is 18.7. The lowest BCUT2D eigenvalue weighted by Crippen LogP contribution is -2.52. The molecule has 1 fully saturated rings. The highest BCUT2D eigenvalue weighted by Gasteiger charge is 2.41. The van der Waals surface area contributed by atoms with Crippen LogP contribution in [0.4, 0.5) is 0 Å². The van der Waals surface area contributed by atoms with E-state index in [9.17, 15) is 9.59 Å². The van der Waals surface area contributed by atoms with Crippen molar-refractivity contribution >= 4 is 11.8 Å². The highest BCUT2D eigenvalue weighted by Crippen LogP contribution is 2.32. The summed E-state index contributed by atoms with van der Waals surface area (Å²) in [6.45, 7) is 5.75.